The topological polar surface area (TPSA) is 21.3 Å². The van der Waals surface area contributed by atoms with Gasteiger partial charge >= 0.3 is 0 Å². The molecule has 1 fully saturated rings. The van der Waals surface area contributed by atoms with Crippen LogP contribution in [0.3, 0.4) is 0 Å². The Morgan fingerprint density at radius 1 is 1.47 bits per heavy atom. The summed E-state index contributed by atoms with van der Waals surface area (Å²) in [5.41, 5.74) is 2.39. The van der Waals surface area contributed by atoms with Crippen molar-refractivity contribution in [3.63, 3.8) is 0 Å². The number of ether oxygens (including phenoxy) is 1. The zero-order chi connectivity index (χ0) is 12.1. The van der Waals surface area contributed by atoms with Crippen LogP contribution in [0.1, 0.15) is 24.0 Å². The average molecular weight is 254 g/mol. The molecule has 1 aromatic carbocycles. The Morgan fingerprint density at radius 3 is 3.06 bits per heavy atom. The predicted molar refractivity (Wildman–Crippen MR) is 71.4 cm³/mol. The van der Waals surface area contributed by atoms with Gasteiger partial charge in [-0.05, 0) is 49.4 Å². The number of halogens is 1. The predicted octanol–water partition coefficient (Wildman–Crippen LogP) is 3.16. The van der Waals surface area contributed by atoms with Gasteiger partial charge in [0.1, 0.15) is 0 Å². The molecule has 1 aliphatic rings. The quantitative estimate of drug-likeness (QED) is 0.814. The molecule has 0 saturated carbocycles. The Labute approximate surface area is 108 Å². The third-order valence-corrected chi connectivity index (χ3v) is 3.73. The van der Waals surface area contributed by atoms with Crippen LogP contribution in [-0.4, -0.2) is 19.8 Å². The van der Waals surface area contributed by atoms with Crippen LogP contribution in [0.2, 0.25) is 5.02 Å². The van der Waals surface area contributed by atoms with E-state index in [9.17, 15) is 0 Å². The molecule has 2 nitrogen and oxygen atoms in total. The van der Waals surface area contributed by atoms with Crippen LogP contribution in [-0.2, 0) is 11.3 Å². The molecule has 3 heteroatoms. The third kappa shape index (κ3) is 3.98. The minimum absolute atomic E-state index is 0.754. The zero-order valence-electron chi connectivity index (χ0n) is 10.3. The largest absolute Gasteiger partial charge is 0.381 e. The van der Waals surface area contributed by atoms with Crippen LogP contribution in [0.25, 0.3) is 0 Å². The molecule has 1 heterocycles. The first-order valence-corrected chi connectivity index (χ1v) is 6.67. The Bertz CT molecular complexity index is 361. The Balaban J connectivity index is 1.68. The van der Waals surface area contributed by atoms with E-state index in [4.69, 9.17) is 16.3 Å². The lowest BCUT2D eigenvalue weighted by Gasteiger charge is -2.09. The fourth-order valence-electron chi connectivity index (χ4n) is 2.10. The van der Waals surface area contributed by atoms with E-state index in [1.165, 1.54) is 18.4 Å². The molecule has 0 amide bonds. The molecule has 1 unspecified atom stereocenters. The van der Waals surface area contributed by atoms with E-state index in [-0.39, 0.29) is 0 Å². The first-order valence-electron chi connectivity index (χ1n) is 6.29. The zero-order valence-corrected chi connectivity index (χ0v) is 11.1. The maximum atomic E-state index is 6.09. The van der Waals surface area contributed by atoms with Crippen molar-refractivity contribution in [2.45, 2.75) is 26.3 Å². The Morgan fingerprint density at radius 2 is 2.35 bits per heavy atom. The second kappa shape index (κ2) is 6.39. The van der Waals surface area contributed by atoms with E-state index in [1.807, 2.05) is 13.0 Å². The highest BCUT2D eigenvalue weighted by Gasteiger charge is 2.14. The summed E-state index contributed by atoms with van der Waals surface area (Å²) in [6.07, 6.45) is 2.43. The van der Waals surface area contributed by atoms with Gasteiger partial charge < -0.3 is 10.1 Å². The van der Waals surface area contributed by atoms with E-state index in [2.05, 4.69) is 17.4 Å². The number of hydrogen-bond acceptors (Lipinski definition) is 2. The van der Waals surface area contributed by atoms with Gasteiger partial charge in [0.25, 0.3) is 0 Å². The first kappa shape index (κ1) is 12.9. The number of benzene rings is 1. The summed E-state index contributed by atoms with van der Waals surface area (Å²) in [7, 11) is 0. The first-order chi connectivity index (χ1) is 8.25. The summed E-state index contributed by atoms with van der Waals surface area (Å²) in [6, 6.07) is 6.25. The van der Waals surface area contributed by atoms with E-state index < -0.39 is 0 Å². The molecule has 1 saturated heterocycles. The van der Waals surface area contributed by atoms with Crippen LogP contribution >= 0.6 is 11.6 Å². The van der Waals surface area contributed by atoms with Crippen LogP contribution in [0.15, 0.2) is 18.2 Å². The maximum absolute atomic E-state index is 6.09. The van der Waals surface area contributed by atoms with Gasteiger partial charge in [0.05, 0.1) is 0 Å². The highest BCUT2D eigenvalue weighted by Crippen LogP contribution is 2.17. The van der Waals surface area contributed by atoms with Crippen molar-refractivity contribution < 1.29 is 4.74 Å². The highest BCUT2D eigenvalue weighted by molar-refractivity contribution is 6.31. The summed E-state index contributed by atoms with van der Waals surface area (Å²) >= 11 is 6.09. The molecular weight excluding hydrogens is 234 g/mol. The lowest BCUT2D eigenvalue weighted by Crippen LogP contribution is -2.18. The highest BCUT2D eigenvalue weighted by atomic mass is 35.5. The molecule has 0 bridgehead atoms. The summed E-state index contributed by atoms with van der Waals surface area (Å²) in [6.45, 7) is 5.86. The molecule has 1 aliphatic heterocycles. The van der Waals surface area contributed by atoms with Crippen LogP contribution in [0.5, 0.6) is 0 Å². The minimum atomic E-state index is 0.754. The van der Waals surface area contributed by atoms with Gasteiger partial charge in [-0.1, -0.05) is 23.7 Å². The van der Waals surface area contributed by atoms with E-state index >= 15 is 0 Å². The lowest BCUT2D eigenvalue weighted by atomic mass is 10.1. The number of aryl methyl sites for hydroxylation is 1. The number of hydrogen-bond donors (Lipinski definition) is 1. The molecule has 0 aliphatic carbocycles. The van der Waals surface area contributed by atoms with Gasteiger partial charge in [0.2, 0.25) is 0 Å². The SMILES string of the molecule is Cc1ccc(CNCCC2CCOC2)cc1Cl. The molecule has 0 spiro atoms. The summed E-state index contributed by atoms with van der Waals surface area (Å²) in [4.78, 5) is 0. The summed E-state index contributed by atoms with van der Waals surface area (Å²) in [5.74, 6) is 0.754. The molecule has 2 rings (SSSR count). The fraction of sp³-hybridized carbons (Fsp3) is 0.571. The van der Waals surface area contributed by atoms with Crippen molar-refractivity contribution >= 4 is 11.6 Å². The van der Waals surface area contributed by atoms with Crippen LogP contribution in [0, 0.1) is 12.8 Å². The van der Waals surface area contributed by atoms with Gasteiger partial charge in [-0.25, -0.2) is 0 Å². The van der Waals surface area contributed by atoms with Crippen molar-refractivity contribution in [3.8, 4) is 0 Å². The van der Waals surface area contributed by atoms with Gasteiger partial charge in [-0.2, -0.15) is 0 Å². The van der Waals surface area contributed by atoms with Gasteiger partial charge in [0.15, 0.2) is 0 Å². The van der Waals surface area contributed by atoms with Gasteiger partial charge in [-0.15, -0.1) is 0 Å². The summed E-state index contributed by atoms with van der Waals surface area (Å²) in [5, 5.41) is 4.32. The minimum Gasteiger partial charge on any atom is -0.381 e. The molecule has 0 radical (unpaired) electrons. The third-order valence-electron chi connectivity index (χ3n) is 3.32. The van der Waals surface area contributed by atoms with E-state index in [1.54, 1.807) is 0 Å². The van der Waals surface area contributed by atoms with E-state index in [0.29, 0.717) is 0 Å². The molecule has 17 heavy (non-hydrogen) atoms. The van der Waals surface area contributed by atoms with Crippen molar-refractivity contribution in [2.75, 3.05) is 19.8 Å². The Hall–Kier alpha value is -0.570. The molecule has 94 valence electrons. The van der Waals surface area contributed by atoms with Gasteiger partial charge in [-0.3, -0.25) is 0 Å². The van der Waals surface area contributed by atoms with Crippen molar-refractivity contribution in [1.29, 1.82) is 0 Å². The molecule has 0 aromatic heterocycles. The maximum Gasteiger partial charge on any atom is 0.0495 e. The smallest absolute Gasteiger partial charge is 0.0495 e. The lowest BCUT2D eigenvalue weighted by molar-refractivity contribution is 0.184. The van der Waals surface area contributed by atoms with Crippen LogP contribution < -0.4 is 5.32 Å². The number of rotatable bonds is 5. The average Bonchev–Trinajstić information content (AvgIpc) is 2.82. The van der Waals surface area contributed by atoms with Crippen molar-refractivity contribution in [1.82, 2.24) is 5.32 Å². The Kier molecular flexibility index (Phi) is 4.84. The standard InChI is InChI=1S/C14H20ClNO/c1-11-2-3-13(8-14(11)15)9-16-6-4-12-5-7-17-10-12/h2-3,8,12,16H,4-7,9-10H2,1H3. The van der Waals surface area contributed by atoms with Crippen molar-refractivity contribution in [2.24, 2.45) is 5.92 Å². The summed E-state index contributed by atoms with van der Waals surface area (Å²) < 4.78 is 5.36. The molecule has 1 N–H and O–H groups in total. The van der Waals surface area contributed by atoms with E-state index in [0.717, 1.165) is 42.8 Å². The molecular formula is C14H20ClNO. The molecule has 1 aromatic rings. The van der Waals surface area contributed by atoms with Gasteiger partial charge in [0, 0.05) is 24.8 Å². The number of nitrogens with one attached hydrogen (secondary N) is 1. The molecule has 1 atom stereocenters. The second-order valence-electron chi connectivity index (χ2n) is 4.78. The van der Waals surface area contributed by atoms with Crippen LogP contribution in [0.4, 0.5) is 0 Å². The van der Waals surface area contributed by atoms with Crippen molar-refractivity contribution in [3.05, 3.63) is 34.3 Å². The monoisotopic (exact) mass is 253 g/mol. The normalized spacial score (nSPS) is 19.8. The fourth-order valence-corrected chi connectivity index (χ4v) is 2.30. The second-order valence-corrected chi connectivity index (χ2v) is 5.19.